The maximum absolute atomic E-state index is 12.2. The van der Waals surface area contributed by atoms with E-state index in [2.05, 4.69) is 32.8 Å². The minimum absolute atomic E-state index is 0.172. The molecule has 0 saturated carbocycles. The first-order chi connectivity index (χ1) is 12.2. The Morgan fingerprint density at radius 3 is 2.76 bits per heavy atom. The van der Waals surface area contributed by atoms with Crippen LogP contribution in [0.25, 0.3) is 6.08 Å². The lowest BCUT2D eigenvalue weighted by Gasteiger charge is -2.06. The van der Waals surface area contributed by atoms with Gasteiger partial charge in [-0.2, -0.15) is 0 Å². The molecule has 0 aliphatic carbocycles. The van der Waals surface area contributed by atoms with Crippen molar-refractivity contribution in [3.05, 3.63) is 76.1 Å². The average molecular weight is 415 g/mol. The van der Waals surface area contributed by atoms with Crippen molar-refractivity contribution in [3.8, 4) is 5.75 Å². The molecule has 1 aliphatic rings. The highest BCUT2D eigenvalue weighted by atomic mass is 79.9. The van der Waals surface area contributed by atoms with Crippen LogP contribution in [0.1, 0.15) is 5.56 Å². The summed E-state index contributed by atoms with van der Waals surface area (Å²) in [6.45, 7) is 4.06. The van der Waals surface area contributed by atoms with Crippen LogP contribution in [0.5, 0.6) is 5.75 Å². The zero-order chi connectivity index (χ0) is 17.6. The minimum Gasteiger partial charge on any atom is -0.489 e. The third-order valence-electron chi connectivity index (χ3n) is 3.29. The SMILES string of the molecule is C=CCOc1ccccc1C=C1SC(=Nc2ccccc2Br)NC1=O. The predicted octanol–water partition coefficient (Wildman–Crippen LogP) is 4.91. The lowest BCUT2D eigenvalue weighted by Crippen LogP contribution is -2.19. The Kier molecular flexibility index (Phi) is 5.73. The summed E-state index contributed by atoms with van der Waals surface area (Å²) in [7, 11) is 0. The van der Waals surface area contributed by atoms with Crippen LogP contribution in [0.3, 0.4) is 0 Å². The molecule has 6 heteroatoms. The number of hydrogen-bond acceptors (Lipinski definition) is 4. The number of rotatable bonds is 5. The van der Waals surface area contributed by atoms with E-state index >= 15 is 0 Å². The molecule has 1 N–H and O–H groups in total. The topological polar surface area (TPSA) is 50.7 Å². The van der Waals surface area contributed by atoms with Crippen molar-refractivity contribution in [2.45, 2.75) is 0 Å². The molecule has 1 amide bonds. The molecule has 0 unspecified atom stereocenters. The van der Waals surface area contributed by atoms with Gasteiger partial charge in [0.05, 0.1) is 10.6 Å². The molecule has 3 rings (SSSR count). The van der Waals surface area contributed by atoms with Gasteiger partial charge in [-0.15, -0.1) is 0 Å². The molecule has 4 nitrogen and oxygen atoms in total. The first-order valence-corrected chi connectivity index (χ1v) is 9.15. The molecule has 126 valence electrons. The molecule has 2 aromatic rings. The first-order valence-electron chi connectivity index (χ1n) is 7.54. The highest BCUT2D eigenvalue weighted by molar-refractivity contribution is 9.10. The van der Waals surface area contributed by atoms with Gasteiger partial charge < -0.3 is 10.1 Å². The van der Waals surface area contributed by atoms with Gasteiger partial charge in [-0.1, -0.05) is 43.0 Å². The number of aliphatic imine (C=N–C) groups is 1. The quantitative estimate of drug-likeness (QED) is 0.558. The van der Waals surface area contributed by atoms with Crippen LogP contribution in [-0.2, 0) is 4.79 Å². The molecule has 1 aliphatic heterocycles. The van der Waals surface area contributed by atoms with Crippen molar-refractivity contribution in [1.29, 1.82) is 0 Å². The fourth-order valence-corrected chi connectivity index (χ4v) is 3.35. The fraction of sp³-hybridized carbons (Fsp3) is 0.0526. The number of ether oxygens (including phenoxy) is 1. The van der Waals surface area contributed by atoms with E-state index in [-0.39, 0.29) is 5.91 Å². The lowest BCUT2D eigenvalue weighted by atomic mass is 10.2. The predicted molar refractivity (Wildman–Crippen MR) is 107 cm³/mol. The molecule has 0 radical (unpaired) electrons. The number of thioether (sulfide) groups is 1. The molecule has 1 fully saturated rings. The maximum Gasteiger partial charge on any atom is 0.264 e. The fourth-order valence-electron chi connectivity index (χ4n) is 2.15. The van der Waals surface area contributed by atoms with E-state index in [4.69, 9.17) is 4.74 Å². The molecule has 2 aromatic carbocycles. The first kappa shape index (κ1) is 17.5. The molecule has 0 spiro atoms. The molecule has 1 saturated heterocycles. The van der Waals surface area contributed by atoms with E-state index in [1.165, 1.54) is 11.8 Å². The van der Waals surface area contributed by atoms with E-state index in [1.54, 1.807) is 12.2 Å². The second-order valence-corrected chi connectivity index (χ2v) is 6.96. The summed E-state index contributed by atoms with van der Waals surface area (Å²) in [4.78, 5) is 17.3. The van der Waals surface area contributed by atoms with Gasteiger partial charge in [0.15, 0.2) is 5.17 Å². The van der Waals surface area contributed by atoms with Gasteiger partial charge in [-0.05, 0) is 52.0 Å². The molecular formula is C19H15BrN2O2S. The van der Waals surface area contributed by atoms with Crippen LogP contribution < -0.4 is 10.1 Å². The van der Waals surface area contributed by atoms with Crippen LogP contribution in [0, 0.1) is 0 Å². The van der Waals surface area contributed by atoms with Crippen molar-refractivity contribution in [3.63, 3.8) is 0 Å². The number of nitrogens with one attached hydrogen (secondary N) is 1. The van der Waals surface area contributed by atoms with Crippen molar-refractivity contribution in [2.75, 3.05) is 6.61 Å². The Labute approximate surface area is 158 Å². The largest absolute Gasteiger partial charge is 0.489 e. The van der Waals surface area contributed by atoms with Crippen LogP contribution in [-0.4, -0.2) is 17.7 Å². The Hall–Kier alpha value is -2.31. The van der Waals surface area contributed by atoms with Crippen molar-refractivity contribution < 1.29 is 9.53 Å². The number of carbonyl (C=O) groups is 1. The van der Waals surface area contributed by atoms with Gasteiger partial charge in [-0.3, -0.25) is 4.79 Å². The summed E-state index contributed by atoms with van der Waals surface area (Å²) in [6, 6.07) is 15.2. The summed E-state index contributed by atoms with van der Waals surface area (Å²) < 4.78 is 6.50. The van der Waals surface area contributed by atoms with Gasteiger partial charge in [0, 0.05) is 10.0 Å². The van der Waals surface area contributed by atoms with E-state index in [1.807, 2.05) is 48.5 Å². The Morgan fingerprint density at radius 2 is 1.96 bits per heavy atom. The molecular weight excluding hydrogens is 400 g/mol. The number of carbonyl (C=O) groups excluding carboxylic acids is 1. The van der Waals surface area contributed by atoms with Gasteiger partial charge >= 0.3 is 0 Å². The summed E-state index contributed by atoms with van der Waals surface area (Å²) in [5.41, 5.74) is 1.60. The number of para-hydroxylation sites is 2. The Balaban J connectivity index is 1.85. The zero-order valence-electron chi connectivity index (χ0n) is 13.2. The van der Waals surface area contributed by atoms with Crippen LogP contribution in [0.15, 0.2) is 75.6 Å². The van der Waals surface area contributed by atoms with Crippen molar-refractivity contribution >= 4 is 50.5 Å². The monoisotopic (exact) mass is 414 g/mol. The van der Waals surface area contributed by atoms with Gasteiger partial charge in [0.25, 0.3) is 5.91 Å². The summed E-state index contributed by atoms with van der Waals surface area (Å²) in [5.74, 6) is 0.536. The van der Waals surface area contributed by atoms with Crippen molar-refractivity contribution in [1.82, 2.24) is 5.32 Å². The highest BCUT2D eigenvalue weighted by Crippen LogP contribution is 2.32. The van der Waals surface area contributed by atoms with Crippen molar-refractivity contribution in [2.24, 2.45) is 4.99 Å². The summed E-state index contributed by atoms with van der Waals surface area (Å²) in [5, 5.41) is 3.34. The van der Waals surface area contributed by atoms with Gasteiger partial charge in [0.2, 0.25) is 0 Å². The van der Waals surface area contributed by atoms with Crippen LogP contribution in [0.2, 0.25) is 0 Å². The number of amides is 1. The number of benzene rings is 2. The number of hydrogen-bond donors (Lipinski definition) is 1. The highest BCUT2D eigenvalue weighted by Gasteiger charge is 2.24. The lowest BCUT2D eigenvalue weighted by molar-refractivity contribution is -0.115. The average Bonchev–Trinajstić information content (AvgIpc) is 2.95. The number of amidine groups is 1. The maximum atomic E-state index is 12.2. The smallest absolute Gasteiger partial charge is 0.264 e. The molecule has 0 aromatic heterocycles. The summed E-state index contributed by atoms with van der Waals surface area (Å²) in [6.07, 6.45) is 3.49. The molecule has 1 heterocycles. The van der Waals surface area contributed by atoms with Gasteiger partial charge in [0.1, 0.15) is 12.4 Å². The molecule has 0 atom stereocenters. The molecule has 25 heavy (non-hydrogen) atoms. The second-order valence-electron chi connectivity index (χ2n) is 5.07. The Bertz CT molecular complexity index is 877. The normalized spacial score (nSPS) is 16.9. The second kappa shape index (κ2) is 8.18. The van der Waals surface area contributed by atoms with Crippen LogP contribution >= 0.6 is 27.7 Å². The zero-order valence-corrected chi connectivity index (χ0v) is 15.6. The van der Waals surface area contributed by atoms with E-state index in [0.29, 0.717) is 22.4 Å². The van der Waals surface area contributed by atoms with E-state index in [9.17, 15) is 4.79 Å². The minimum atomic E-state index is -0.172. The third kappa shape index (κ3) is 4.41. The molecule has 0 bridgehead atoms. The number of halogens is 1. The van der Waals surface area contributed by atoms with Crippen LogP contribution in [0.4, 0.5) is 5.69 Å². The van der Waals surface area contributed by atoms with Gasteiger partial charge in [-0.25, -0.2) is 4.99 Å². The van der Waals surface area contributed by atoms with E-state index in [0.717, 1.165) is 15.7 Å². The summed E-state index contributed by atoms with van der Waals surface area (Å²) >= 11 is 4.76. The Morgan fingerprint density at radius 1 is 1.20 bits per heavy atom. The van der Waals surface area contributed by atoms with E-state index < -0.39 is 0 Å². The standard InChI is InChI=1S/C19H15BrN2O2S/c1-2-11-24-16-10-6-3-7-13(16)12-17-18(23)22-19(25-17)21-15-9-5-4-8-14(15)20/h2-10,12H,1,11H2,(H,21,22,23). The number of nitrogens with zero attached hydrogens (tertiary/aromatic N) is 1. The third-order valence-corrected chi connectivity index (χ3v) is 4.87.